The Balaban J connectivity index is 1.57. The fourth-order valence-corrected chi connectivity index (χ4v) is 3.97. The molecule has 0 saturated heterocycles. The third-order valence-electron chi connectivity index (χ3n) is 3.83. The minimum atomic E-state index is -4.68. The molecule has 1 aromatic carbocycles. The summed E-state index contributed by atoms with van der Waals surface area (Å²) in [7, 11) is 0. The van der Waals surface area contributed by atoms with Crippen LogP contribution in [-0.2, 0) is 4.79 Å². The van der Waals surface area contributed by atoms with Crippen LogP contribution < -0.4 is 0 Å². The Labute approximate surface area is 171 Å². The van der Waals surface area contributed by atoms with Crippen molar-refractivity contribution in [3.63, 3.8) is 0 Å². The molecule has 0 unspecified atom stereocenters. The quantitative estimate of drug-likeness (QED) is 0.691. The van der Waals surface area contributed by atoms with Gasteiger partial charge < -0.3 is 4.42 Å². The zero-order chi connectivity index (χ0) is 20.8. The minimum Gasteiger partial charge on any atom is -0.450 e. The highest BCUT2D eigenvalue weighted by Gasteiger charge is 2.46. The Morgan fingerprint density at radius 2 is 1.93 bits per heavy atom. The molecule has 0 bridgehead atoms. The van der Waals surface area contributed by atoms with Crippen molar-refractivity contribution in [2.24, 2.45) is 10.1 Å². The summed E-state index contributed by atoms with van der Waals surface area (Å²) in [5.74, 6) is -1.04. The van der Waals surface area contributed by atoms with E-state index in [1.54, 1.807) is 12.1 Å². The smallest absolute Gasteiger partial charge is 0.441 e. The van der Waals surface area contributed by atoms with Crippen LogP contribution in [0.1, 0.15) is 11.3 Å². The molecular weight excluding hydrogens is 425 g/mol. The summed E-state index contributed by atoms with van der Waals surface area (Å²) in [6.07, 6.45) is -3.41. The van der Waals surface area contributed by atoms with Crippen molar-refractivity contribution in [2.75, 3.05) is 0 Å². The summed E-state index contributed by atoms with van der Waals surface area (Å²) in [5.41, 5.74) is 0.924. The lowest BCUT2D eigenvalue weighted by Crippen LogP contribution is -2.35. The number of benzene rings is 1. The van der Waals surface area contributed by atoms with Crippen molar-refractivity contribution < 1.29 is 22.4 Å². The van der Waals surface area contributed by atoms with Gasteiger partial charge in [-0.1, -0.05) is 29.5 Å². The van der Waals surface area contributed by atoms with Crippen LogP contribution in [0.2, 0.25) is 0 Å². The molecule has 3 heterocycles. The van der Waals surface area contributed by atoms with Crippen LogP contribution in [0.5, 0.6) is 0 Å². The average molecular weight is 436 g/mol. The van der Waals surface area contributed by atoms with Gasteiger partial charge in [0.1, 0.15) is 5.76 Å². The maximum atomic E-state index is 12.9. The number of fused-ring (bicyclic) bond motifs is 1. The van der Waals surface area contributed by atoms with Gasteiger partial charge in [-0.2, -0.15) is 28.3 Å². The van der Waals surface area contributed by atoms with Crippen molar-refractivity contribution in [1.82, 2.24) is 5.01 Å². The van der Waals surface area contributed by atoms with Crippen LogP contribution >= 0.6 is 23.5 Å². The average Bonchev–Trinajstić information content (AvgIpc) is 3.27. The first-order chi connectivity index (χ1) is 13.7. The monoisotopic (exact) mass is 436 g/mol. The van der Waals surface area contributed by atoms with Crippen LogP contribution in [-0.4, -0.2) is 33.1 Å². The molecule has 4 rings (SSSR count). The van der Waals surface area contributed by atoms with E-state index >= 15 is 0 Å². The number of rotatable bonds is 3. The Bertz CT molecular complexity index is 1100. The highest BCUT2D eigenvalue weighted by molar-refractivity contribution is 8.27. The summed E-state index contributed by atoms with van der Waals surface area (Å²) >= 11 is 1.59. The number of carbonyl (C=O) groups excluding carboxylic acids is 1. The number of carbonyl (C=O) groups is 1. The third kappa shape index (κ3) is 4.01. The number of halogens is 3. The molecule has 1 aromatic heterocycles. The molecule has 1 amide bonds. The van der Waals surface area contributed by atoms with E-state index in [9.17, 15) is 18.0 Å². The van der Waals surface area contributed by atoms with E-state index in [0.29, 0.717) is 10.1 Å². The lowest BCUT2D eigenvalue weighted by molar-refractivity contribution is -0.114. The Hall–Kier alpha value is -2.79. The van der Waals surface area contributed by atoms with Gasteiger partial charge >= 0.3 is 6.18 Å². The van der Waals surface area contributed by atoms with Crippen molar-refractivity contribution in [3.05, 3.63) is 53.3 Å². The van der Waals surface area contributed by atoms with Crippen molar-refractivity contribution in [3.8, 4) is 0 Å². The molecule has 29 heavy (non-hydrogen) atoms. The van der Waals surface area contributed by atoms with Crippen LogP contribution in [0, 0.1) is 12.3 Å². The van der Waals surface area contributed by atoms with Crippen LogP contribution in [0.4, 0.5) is 13.2 Å². The fraction of sp³-hybridized carbons (Fsp3) is 0.111. The number of furan rings is 1. The number of aliphatic imine (C=N–C) groups is 1. The number of alkyl halides is 3. The molecule has 2 aliphatic heterocycles. The van der Waals surface area contributed by atoms with Gasteiger partial charge in [0.2, 0.25) is 10.2 Å². The number of thioether (sulfide) groups is 1. The SMILES string of the molecule is Cc1ccc(Sc2ccc(/C=C3\C(=N)N4N=C(C(F)(F)F)SC4=NC3=O)o2)cc1. The number of amidine groups is 2. The van der Waals surface area contributed by atoms with E-state index in [-0.39, 0.29) is 28.3 Å². The molecule has 0 atom stereocenters. The number of nitrogens with zero attached hydrogens (tertiary/aromatic N) is 3. The first-order valence-electron chi connectivity index (χ1n) is 8.12. The molecule has 0 spiro atoms. The molecule has 1 N–H and O–H groups in total. The second-order valence-corrected chi connectivity index (χ2v) is 8.03. The number of hydrogen-bond donors (Lipinski definition) is 1. The molecule has 2 aliphatic rings. The summed E-state index contributed by atoms with van der Waals surface area (Å²) in [4.78, 5) is 16.8. The van der Waals surface area contributed by atoms with E-state index in [0.717, 1.165) is 10.5 Å². The Kier molecular flexibility index (Phi) is 4.87. The van der Waals surface area contributed by atoms with Crippen molar-refractivity contribution in [2.45, 2.75) is 23.1 Å². The van der Waals surface area contributed by atoms with Crippen molar-refractivity contribution >= 4 is 51.6 Å². The zero-order valence-corrected chi connectivity index (χ0v) is 16.3. The van der Waals surface area contributed by atoms with Gasteiger partial charge in [0.05, 0.1) is 5.57 Å². The standard InChI is InChI=1S/C18H11F3N4O2S2/c1-9-2-5-11(6-3-9)28-13-7-4-10(27-13)8-12-14(22)25-17(23-15(12)26)29-16(24-25)18(19,20)21/h2-8,22H,1H3/b12-8+,22-14?. The molecule has 6 nitrogen and oxygen atoms in total. The fourth-order valence-electron chi connectivity index (χ4n) is 2.44. The first kappa shape index (κ1) is 19.5. The predicted molar refractivity (Wildman–Crippen MR) is 105 cm³/mol. The Morgan fingerprint density at radius 1 is 1.21 bits per heavy atom. The third-order valence-corrected chi connectivity index (χ3v) is 5.71. The number of hydrogen-bond acceptors (Lipinski definition) is 6. The number of aryl methyl sites for hydroxylation is 1. The van der Waals surface area contributed by atoms with Gasteiger partial charge in [0, 0.05) is 4.90 Å². The normalized spacial score (nSPS) is 18.2. The molecule has 0 fully saturated rings. The lowest BCUT2D eigenvalue weighted by atomic mass is 10.1. The molecule has 11 heteroatoms. The van der Waals surface area contributed by atoms with E-state index in [1.165, 1.54) is 17.8 Å². The van der Waals surface area contributed by atoms with Gasteiger partial charge in [0.15, 0.2) is 10.9 Å². The van der Waals surface area contributed by atoms with Gasteiger partial charge in [-0.3, -0.25) is 10.2 Å². The largest absolute Gasteiger partial charge is 0.450 e. The maximum absolute atomic E-state index is 12.9. The van der Waals surface area contributed by atoms with E-state index < -0.39 is 23.0 Å². The van der Waals surface area contributed by atoms with Crippen LogP contribution in [0.15, 0.2) is 66.5 Å². The predicted octanol–water partition coefficient (Wildman–Crippen LogP) is 4.92. The van der Waals surface area contributed by atoms with Crippen LogP contribution in [0.25, 0.3) is 6.08 Å². The molecule has 0 radical (unpaired) electrons. The van der Waals surface area contributed by atoms with Gasteiger partial charge in [0.25, 0.3) is 5.91 Å². The first-order valence-corrected chi connectivity index (χ1v) is 9.76. The minimum absolute atomic E-state index is 0.206. The lowest BCUT2D eigenvalue weighted by Gasteiger charge is -2.19. The number of amides is 1. The van der Waals surface area contributed by atoms with Crippen LogP contribution in [0.3, 0.4) is 0 Å². The highest BCUT2D eigenvalue weighted by atomic mass is 32.2. The van der Waals surface area contributed by atoms with E-state index in [4.69, 9.17) is 9.83 Å². The zero-order valence-electron chi connectivity index (χ0n) is 14.6. The molecular formula is C18H11F3N4O2S2. The summed E-state index contributed by atoms with van der Waals surface area (Å²) in [6, 6.07) is 11.1. The molecule has 2 aromatic rings. The topological polar surface area (TPSA) is 82.0 Å². The second kappa shape index (κ2) is 7.23. The van der Waals surface area contributed by atoms with E-state index in [2.05, 4.69) is 10.1 Å². The van der Waals surface area contributed by atoms with Gasteiger partial charge in [-0.15, -0.1) is 0 Å². The maximum Gasteiger partial charge on any atom is 0.441 e. The van der Waals surface area contributed by atoms with Gasteiger partial charge in [-0.25, -0.2) is 0 Å². The molecule has 148 valence electrons. The number of hydrazone groups is 1. The summed E-state index contributed by atoms with van der Waals surface area (Å²) in [5, 5.41) is 11.2. The highest BCUT2D eigenvalue weighted by Crippen LogP contribution is 2.36. The van der Waals surface area contributed by atoms with Gasteiger partial charge in [-0.05, 0) is 49.0 Å². The summed E-state index contributed by atoms with van der Waals surface area (Å²) in [6.45, 7) is 1.98. The molecule has 0 saturated carbocycles. The van der Waals surface area contributed by atoms with E-state index in [1.807, 2.05) is 31.2 Å². The molecule has 0 aliphatic carbocycles. The van der Waals surface area contributed by atoms with Crippen molar-refractivity contribution in [1.29, 1.82) is 5.41 Å². The second-order valence-electron chi connectivity index (χ2n) is 5.99. The Morgan fingerprint density at radius 3 is 2.62 bits per heavy atom. The summed E-state index contributed by atoms with van der Waals surface area (Å²) < 4.78 is 44.2. The number of nitrogens with one attached hydrogen (secondary N) is 1.